The fourth-order valence-corrected chi connectivity index (χ4v) is 4.45. The van der Waals surface area contributed by atoms with Crippen LogP contribution in [0.25, 0.3) is 5.78 Å². The van der Waals surface area contributed by atoms with Crippen molar-refractivity contribution in [2.75, 3.05) is 36.0 Å². The van der Waals surface area contributed by atoms with Crippen molar-refractivity contribution in [1.82, 2.24) is 35.2 Å². The van der Waals surface area contributed by atoms with Crippen molar-refractivity contribution in [3.8, 4) is 0 Å². The van der Waals surface area contributed by atoms with Crippen LogP contribution in [0.3, 0.4) is 0 Å². The zero-order valence-corrected chi connectivity index (χ0v) is 19.1. The van der Waals surface area contributed by atoms with Crippen LogP contribution in [0.5, 0.6) is 0 Å². The molecule has 12 heteroatoms. The first kappa shape index (κ1) is 23.0. The van der Waals surface area contributed by atoms with Gasteiger partial charge in [-0.05, 0) is 33.6 Å². The number of fused-ring (bicyclic) bond motifs is 1. The number of hydrogen-bond donors (Lipinski definition) is 4. The van der Waals surface area contributed by atoms with Crippen molar-refractivity contribution < 1.29 is 9.59 Å². The van der Waals surface area contributed by atoms with Crippen molar-refractivity contribution in [2.24, 2.45) is 0 Å². The van der Waals surface area contributed by atoms with Crippen LogP contribution in [0.4, 0.5) is 11.9 Å². The lowest BCUT2D eigenvalue weighted by molar-refractivity contribution is -0.134. The second kappa shape index (κ2) is 10.6. The molecule has 1 aliphatic carbocycles. The van der Waals surface area contributed by atoms with Crippen molar-refractivity contribution in [3.63, 3.8) is 0 Å². The molecule has 0 aromatic carbocycles. The van der Waals surface area contributed by atoms with Gasteiger partial charge in [-0.3, -0.25) is 9.59 Å². The van der Waals surface area contributed by atoms with Crippen LogP contribution in [0.1, 0.15) is 52.9 Å². The predicted molar refractivity (Wildman–Crippen MR) is 120 cm³/mol. The molecule has 0 spiro atoms. The van der Waals surface area contributed by atoms with Gasteiger partial charge in [0.2, 0.25) is 23.7 Å². The van der Waals surface area contributed by atoms with Gasteiger partial charge in [-0.25, -0.2) is 4.40 Å². The van der Waals surface area contributed by atoms with E-state index >= 15 is 0 Å². The van der Waals surface area contributed by atoms with Gasteiger partial charge in [0.1, 0.15) is 5.54 Å². The maximum absolute atomic E-state index is 12.8. The highest BCUT2D eigenvalue weighted by Crippen LogP contribution is 2.29. The molecule has 2 amide bonds. The molecule has 2 aromatic rings. The third-order valence-corrected chi connectivity index (χ3v) is 6.03. The van der Waals surface area contributed by atoms with E-state index in [2.05, 4.69) is 41.4 Å². The van der Waals surface area contributed by atoms with E-state index in [1.54, 1.807) is 4.40 Å². The van der Waals surface area contributed by atoms with Crippen LogP contribution >= 0.6 is 11.8 Å². The smallest absolute Gasteiger partial charge is 0.261 e. The molecular formula is C19H31N9O2S. The Morgan fingerprint density at radius 1 is 1.00 bits per heavy atom. The van der Waals surface area contributed by atoms with E-state index < -0.39 is 5.54 Å². The van der Waals surface area contributed by atoms with Crippen molar-refractivity contribution in [2.45, 2.75) is 63.6 Å². The Labute approximate surface area is 186 Å². The zero-order valence-electron chi connectivity index (χ0n) is 18.3. The Morgan fingerprint density at radius 3 is 2.42 bits per heavy atom. The van der Waals surface area contributed by atoms with Gasteiger partial charge in [-0.1, -0.05) is 31.0 Å². The first-order valence-electron chi connectivity index (χ1n) is 10.9. The normalized spacial score (nSPS) is 15.5. The highest BCUT2D eigenvalue weighted by atomic mass is 32.2. The van der Waals surface area contributed by atoms with Gasteiger partial charge in [0, 0.05) is 19.6 Å². The molecule has 3 rings (SSSR count). The Morgan fingerprint density at radius 2 is 1.74 bits per heavy atom. The lowest BCUT2D eigenvalue weighted by atomic mass is 9.80. The van der Waals surface area contributed by atoms with Gasteiger partial charge >= 0.3 is 0 Å². The molecule has 0 bridgehead atoms. The molecule has 2 aromatic heterocycles. The number of carbonyl (C=O) groups is 2. The number of anilines is 2. The summed E-state index contributed by atoms with van der Waals surface area (Å²) in [6.07, 6.45) is 4.26. The monoisotopic (exact) mass is 449 g/mol. The number of nitrogens with zero attached hydrogens (tertiary/aromatic N) is 5. The number of nitrogens with one attached hydrogen (secondary N) is 4. The lowest BCUT2D eigenvalue weighted by Gasteiger charge is -2.36. The van der Waals surface area contributed by atoms with E-state index in [0.29, 0.717) is 55.3 Å². The standard InChI is InChI=1S/C19H31N9O2S/c1-4-20-14(30)19(10-8-7-9-11-19)25-13(29)12-31-18-27-26-17-24-15(21-5-2)23-16(22-6-3)28(17)18/h4-12H2,1-3H3,(H,20,30)(H,25,29)(H2,21,22,23,24,26). The predicted octanol–water partition coefficient (Wildman–Crippen LogP) is 1.43. The van der Waals surface area contributed by atoms with Crippen LogP contribution in [0, 0.1) is 0 Å². The molecule has 0 aliphatic heterocycles. The second-order valence-corrected chi connectivity index (χ2v) is 8.33. The third kappa shape index (κ3) is 5.35. The molecule has 0 radical (unpaired) electrons. The minimum atomic E-state index is -0.822. The quantitative estimate of drug-likeness (QED) is 0.397. The summed E-state index contributed by atoms with van der Waals surface area (Å²) in [5.74, 6) is 1.24. The van der Waals surface area contributed by atoms with Crippen LogP contribution in [0.2, 0.25) is 0 Å². The summed E-state index contributed by atoms with van der Waals surface area (Å²) in [5, 5.41) is 21.0. The lowest BCUT2D eigenvalue weighted by Crippen LogP contribution is -2.60. The molecular weight excluding hydrogens is 418 g/mol. The maximum Gasteiger partial charge on any atom is 0.261 e. The minimum absolute atomic E-state index is 0.0974. The molecule has 4 N–H and O–H groups in total. The molecule has 2 heterocycles. The minimum Gasteiger partial charge on any atom is -0.355 e. The van der Waals surface area contributed by atoms with Crippen molar-refractivity contribution in [1.29, 1.82) is 0 Å². The summed E-state index contributed by atoms with van der Waals surface area (Å²) in [5.41, 5.74) is -0.822. The van der Waals surface area contributed by atoms with Gasteiger partial charge in [0.25, 0.3) is 5.78 Å². The van der Waals surface area contributed by atoms with Gasteiger partial charge in [-0.2, -0.15) is 9.97 Å². The van der Waals surface area contributed by atoms with Gasteiger partial charge in [-0.15, -0.1) is 10.2 Å². The summed E-state index contributed by atoms with van der Waals surface area (Å²) in [6, 6.07) is 0. The summed E-state index contributed by atoms with van der Waals surface area (Å²) in [7, 11) is 0. The Kier molecular flexibility index (Phi) is 7.88. The largest absolute Gasteiger partial charge is 0.355 e. The first-order chi connectivity index (χ1) is 15.0. The summed E-state index contributed by atoms with van der Waals surface area (Å²) < 4.78 is 1.70. The van der Waals surface area contributed by atoms with E-state index in [0.717, 1.165) is 19.3 Å². The first-order valence-corrected chi connectivity index (χ1v) is 11.8. The maximum atomic E-state index is 12.8. The molecule has 0 saturated heterocycles. The molecule has 0 unspecified atom stereocenters. The molecule has 170 valence electrons. The highest BCUT2D eigenvalue weighted by Gasteiger charge is 2.40. The zero-order chi connectivity index (χ0) is 22.3. The van der Waals surface area contributed by atoms with E-state index in [1.807, 2.05) is 20.8 Å². The van der Waals surface area contributed by atoms with Crippen LogP contribution in [0.15, 0.2) is 5.16 Å². The molecule has 31 heavy (non-hydrogen) atoms. The molecule has 0 atom stereocenters. The third-order valence-electron chi connectivity index (χ3n) is 5.11. The average Bonchev–Trinajstić information content (AvgIpc) is 3.17. The van der Waals surface area contributed by atoms with Gasteiger partial charge < -0.3 is 21.3 Å². The summed E-state index contributed by atoms with van der Waals surface area (Å²) in [4.78, 5) is 34.3. The van der Waals surface area contributed by atoms with Crippen molar-refractivity contribution >= 4 is 41.3 Å². The number of likely N-dealkylation sites (N-methyl/N-ethyl adjacent to an activating group) is 1. The van der Waals surface area contributed by atoms with Crippen molar-refractivity contribution in [3.05, 3.63) is 0 Å². The number of carbonyl (C=O) groups excluding carboxylic acids is 2. The van der Waals surface area contributed by atoms with Crippen LogP contribution in [-0.2, 0) is 9.59 Å². The summed E-state index contributed by atoms with van der Waals surface area (Å²) in [6.45, 7) is 7.70. The number of rotatable bonds is 10. The number of aromatic nitrogens is 5. The molecule has 1 fully saturated rings. The highest BCUT2D eigenvalue weighted by molar-refractivity contribution is 7.99. The number of hydrogen-bond acceptors (Lipinski definition) is 9. The Bertz CT molecular complexity index is 911. The second-order valence-electron chi connectivity index (χ2n) is 7.39. The van der Waals surface area contributed by atoms with E-state index in [9.17, 15) is 9.59 Å². The molecule has 11 nitrogen and oxygen atoms in total. The fraction of sp³-hybridized carbons (Fsp3) is 0.684. The molecule has 1 saturated carbocycles. The van der Waals surface area contributed by atoms with E-state index in [1.165, 1.54) is 11.8 Å². The molecule has 1 aliphatic rings. The topological polar surface area (TPSA) is 138 Å². The van der Waals surface area contributed by atoms with E-state index in [-0.39, 0.29) is 17.6 Å². The average molecular weight is 450 g/mol. The number of amides is 2. The fourth-order valence-electron chi connectivity index (χ4n) is 3.72. The summed E-state index contributed by atoms with van der Waals surface area (Å²) >= 11 is 1.24. The van der Waals surface area contributed by atoms with Crippen LogP contribution < -0.4 is 21.3 Å². The Hall–Kier alpha value is -2.63. The van der Waals surface area contributed by atoms with Gasteiger partial charge in [0.15, 0.2) is 5.16 Å². The van der Waals surface area contributed by atoms with E-state index in [4.69, 9.17) is 0 Å². The van der Waals surface area contributed by atoms with Crippen LogP contribution in [-0.4, -0.2) is 67.3 Å². The van der Waals surface area contributed by atoms with Gasteiger partial charge in [0.05, 0.1) is 5.75 Å². The number of thioether (sulfide) groups is 1. The Balaban J connectivity index is 1.74. The SMILES string of the molecule is CCNC(=O)C1(NC(=O)CSc2nnc3nc(NCC)nc(NCC)n23)CCCCC1.